The summed E-state index contributed by atoms with van der Waals surface area (Å²) < 4.78 is 2.34. The fourth-order valence-corrected chi connectivity index (χ4v) is 5.26. The number of fused-ring (bicyclic) bond motifs is 1. The highest BCUT2D eigenvalue weighted by Crippen LogP contribution is 2.39. The Hall–Kier alpha value is -0.160. The summed E-state index contributed by atoms with van der Waals surface area (Å²) in [7, 11) is 2.04. The van der Waals surface area contributed by atoms with E-state index in [4.69, 9.17) is 0 Å². The Morgan fingerprint density at radius 2 is 1.95 bits per heavy atom. The molecule has 106 valence electrons. The van der Waals surface area contributed by atoms with Crippen LogP contribution in [0, 0.1) is 6.92 Å². The van der Waals surface area contributed by atoms with Crippen molar-refractivity contribution in [3.8, 4) is 0 Å². The number of hydrogen-bond donors (Lipinski definition) is 1. The Morgan fingerprint density at radius 1 is 1.15 bits per heavy atom. The number of benzene rings is 1. The molecule has 4 heteroatoms. The van der Waals surface area contributed by atoms with Crippen molar-refractivity contribution in [2.75, 3.05) is 7.05 Å². The maximum atomic E-state index is 3.72. The molecular weight excluding hydrogens is 398 g/mol. The lowest BCUT2D eigenvalue weighted by Gasteiger charge is -2.18. The number of halogens is 2. The summed E-state index contributed by atoms with van der Waals surface area (Å²) in [6.07, 6.45) is 3.83. The zero-order valence-electron chi connectivity index (χ0n) is 11.6. The second kappa shape index (κ2) is 5.91. The zero-order valence-corrected chi connectivity index (χ0v) is 15.6. The van der Waals surface area contributed by atoms with Crippen molar-refractivity contribution in [1.29, 1.82) is 0 Å². The van der Waals surface area contributed by atoms with Crippen LogP contribution in [0.4, 0.5) is 0 Å². The number of hydrogen-bond acceptors (Lipinski definition) is 2. The molecule has 1 heterocycles. The van der Waals surface area contributed by atoms with Crippen LogP contribution in [0.1, 0.15) is 38.9 Å². The summed E-state index contributed by atoms with van der Waals surface area (Å²) in [5.41, 5.74) is 4.11. The first-order valence-corrected chi connectivity index (χ1v) is 9.24. The molecule has 0 bridgehead atoms. The van der Waals surface area contributed by atoms with Gasteiger partial charge in [0, 0.05) is 18.7 Å². The lowest BCUT2D eigenvalue weighted by Crippen LogP contribution is -2.17. The second-order valence-corrected chi connectivity index (χ2v) is 8.17. The van der Waals surface area contributed by atoms with E-state index in [1.807, 2.05) is 18.4 Å². The van der Waals surface area contributed by atoms with Gasteiger partial charge in [-0.3, -0.25) is 0 Å². The predicted molar refractivity (Wildman–Crippen MR) is 93.8 cm³/mol. The summed E-state index contributed by atoms with van der Waals surface area (Å²) >= 11 is 9.34. The Labute approximate surface area is 141 Å². The van der Waals surface area contributed by atoms with Gasteiger partial charge in [-0.15, -0.1) is 11.3 Å². The van der Waals surface area contributed by atoms with E-state index < -0.39 is 0 Å². The van der Waals surface area contributed by atoms with Crippen molar-refractivity contribution in [2.45, 2.75) is 32.2 Å². The van der Waals surface area contributed by atoms with E-state index in [0.29, 0.717) is 0 Å². The number of nitrogens with one attached hydrogen (secondary N) is 1. The van der Waals surface area contributed by atoms with Crippen molar-refractivity contribution < 1.29 is 0 Å². The Bertz CT molecular complexity index is 627. The van der Waals surface area contributed by atoms with Crippen LogP contribution in [0.5, 0.6) is 0 Å². The average molecular weight is 415 g/mol. The van der Waals surface area contributed by atoms with Gasteiger partial charge >= 0.3 is 0 Å². The highest BCUT2D eigenvalue weighted by atomic mass is 79.9. The summed E-state index contributed by atoms with van der Waals surface area (Å²) in [6, 6.07) is 7.07. The highest BCUT2D eigenvalue weighted by molar-refractivity contribution is 9.11. The standard InChI is InChI=1S/C16H17Br2NS/c1-9-6-13(18)11(8-12(9)17)16(19-2)15-7-10-4-3-5-14(10)20-15/h6-8,16,19H,3-5H2,1-2H3. The van der Waals surface area contributed by atoms with E-state index in [1.54, 1.807) is 10.4 Å². The fourth-order valence-electron chi connectivity index (χ4n) is 2.83. The minimum Gasteiger partial charge on any atom is -0.309 e. The molecule has 0 amide bonds. The van der Waals surface area contributed by atoms with Crippen LogP contribution in [-0.4, -0.2) is 7.05 Å². The molecule has 3 rings (SSSR count). The molecule has 0 radical (unpaired) electrons. The minimum atomic E-state index is 0.261. The van der Waals surface area contributed by atoms with Gasteiger partial charge in [0.1, 0.15) is 0 Å². The SMILES string of the molecule is CNC(c1cc2c(s1)CCC2)c1cc(Br)c(C)cc1Br. The number of thiophene rings is 1. The van der Waals surface area contributed by atoms with Crippen LogP contribution in [0.25, 0.3) is 0 Å². The Kier molecular flexibility index (Phi) is 4.37. The smallest absolute Gasteiger partial charge is 0.0680 e. The third kappa shape index (κ3) is 2.63. The van der Waals surface area contributed by atoms with Crippen molar-refractivity contribution >= 4 is 43.2 Å². The summed E-state index contributed by atoms with van der Waals surface area (Å²) in [6.45, 7) is 2.12. The van der Waals surface area contributed by atoms with E-state index in [9.17, 15) is 0 Å². The first-order chi connectivity index (χ1) is 9.60. The largest absolute Gasteiger partial charge is 0.309 e. The van der Waals surface area contributed by atoms with E-state index >= 15 is 0 Å². The van der Waals surface area contributed by atoms with Gasteiger partial charge in [0.15, 0.2) is 0 Å². The van der Waals surface area contributed by atoms with Gasteiger partial charge < -0.3 is 5.32 Å². The van der Waals surface area contributed by atoms with Gasteiger partial charge in [0.05, 0.1) is 6.04 Å². The van der Waals surface area contributed by atoms with Gasteiger partial charge in [0.25, 0.3) is 0 Å². The maximum Gasteiger partial charge on any atom is 0.0680 e. The molecule has 1 aliphatic rings. The molecule has 1 aromatic heterocycles. The van der Waals surface area contributed by atoms with Crippen molar-refractivity contribution in [1.82, 2.24) is 5.32 Å². The van der Waals surface area contributed by atoms with Crippen LogP contribution in [0.15, 0.2) is 27.1 Å². The second-order valence-electron chi connectivity index (χ2n) is 5.30. The Balaban J connectivity index is 2.03. The number of rotatable bonds is 3. The molecule has 0 spiro atoms. The van der Waals surface area contributed by atoms with Gasteiger partial charge in [-0.05, 0) is 68.1 Å². The van der Waals surface area contributed by atoms with Crippen molar-refractivity contribution in [3.63, 3.8) is 0 Å². The molecule has 0 aliphatic heterocycles. The lowest BCUT2D eigenvalue weighted by atomic mass is 10.0. The quantitative estimate of drug-likeness (QED) is 0.710. The monoisotopic (exact) mass is 413 g/mol. The van der Waals surface area contributed by atoms with Crippen LogP contribution in [0.2, 0.25) is 0 Å². The molecule has 1 aliphatic carbocycles. The lowest BCUT2D eigenvalue weighted by molar-refractivity contribution is 0.699. The molecule has 1 N–H and O–H groups in total. The molecule has 0 saturated carbocycles. The van der Waals surface area contributed by atoms with Gasteiger partial charge in [-0.25, -0.2) is 0 Å². The van der Waals surface area contributed by atoms with Crippen LogP contribution >= 0.6 is 43.2 Å². The molecule has 1 atom stereocenters. The highest BCUT2D eigenvalue weighted by Gasteiger charge is 2.22. The first kappa shape index (κ1) is 14.8. The Morgan fingerprint density at radius 3 is 2.65 bits per heavy atom. The van der Waals surface area contributed by atoms with Crippen molar-refractivity contribution in [2.24, 2.45) is 0 Å². The summed E-state index contributed by atoms with van der Waals surface area (Å²) in [5, 5.41) is 3.47. The molecule has 1 unspecified atom stereocenters. The summed E-state index contributed by atoms with van der Waals surface area (Å²) in [5.74, 6) is 0. The zero-order chi connectivity index (χ0) is 14.3. The first-order valence-electron chi connectivity index (χ1n) is 6.84. The van der Waals surface area contributed by atoms with E-state index in [-0.39, 0.29) is 6.04 Å². The van der Waals surface area contributed by atoms with Crippen LogP contribution in [-0.2, 0) is 12.8 Å². The average Bonchev–Trinajstić information content (AvgIpc) is 2.97. The third-order valence-electron chi connectivity index (χ3n) is 3.93. The van der Waals surface area contributed by atoms with Crippen LogP contribution in [0.3, 0.4) is 0 Å². The van der Waals surface area contributed by atoms with E-state index in [1.165, 1.54) is 44.2 Å². The molecule has 1 nitrogen and oxygen atoms in total. The van der Waals surface area contributed by atoms with Gasteiger partial charge in [0.2, 0.25) is 0 Å². The number of aryl methyl sites for hydroxylation is 3. The topological polar surface area (TPSA) is 12.0 Å². The normalized spacial score (nSPS) is 15.4. The van der Waals surface area contributed by atoms with Crippen molar-refractivity contribution in [3.05, 3.63) is 53.6 Å². The minimum absolute atomic E-state index is 0.261. The third-order valence-corrected chi connectivity index (χ3v) is 6.77. The van der Waals surface area contributed by atoms with Crippen LogP contribution < -0.4 is 5.32 Å². The molecule has 2 aromatic rings. The molecule has 0 fully saturated rings. The van der Waals surface area contributed by atoms with E-state index in [2.05, 4.69) is 62.3 Å². The predicted octanol–water partition coefficient (Wildman–Crippen LogP) is 5.38. The van der Waals surface area contributed by atoms with Gasteiger partial charge in [-0.1, -0.05) is 31.9 Å². The molecular formula is C16H17Br2NS. The molecule has 1 aromatic carbocycles. The maximum absolute atomic E-state index is 3.72. The van der Waals surface area contributed by atoms with Gasteiger partial charge in [-0.2, -0.15) is 0 Å². The molecule has 0 saturated heterocycles. The van der Waals surface area contributed by atoms with E-state index in [0.717, 1.165) is 0 Å². The summed E-state index contributed by atoms with van der Waals surface area (Å²) in [4.78, 5) is 3.01. The fraction of sp³-hybridized carbons (Fsp3) is 0.375. The molecule has 20 heavy (non-hydrogen) atoms.